The van der Waals surface area contributed by atoms with E-state index in [1.54, 1.807) is 36.7 Å². The highest BCUT2D eigenvalue weighted by atomic mass is 19.1. The van der Waals surface area contributed by atoms with Crippen LogP contribution < -0.4 is 5.32 Å². The second kappa shape index (κ2) is 6.17. The van der Waals surface area contributed by atoms with Crippen molar-refractivity contribution in [1.29, 1.82) is 0 Å². The van der Waals surface area contributed by atoms with Crippen LogP contribution in [-0.4, -0.2) is 16.0 Å². The number of nitrogens with one attached hydrogen (secondary N) is 1. The molecule has 5 nitrogen and oxygen atoms in total. The Balaban J connectivity index is 1.71. The summed E-state index contributed by atoms with van der Waals surface area (Å²) in [6.45, 7) is 0.322. The van der Waals surface area contributed by atoms with Crippen LogP contribution in [-0.2, 0) is 6.54 Å². The monoisotopic (exact) mass is 297 g/mol. The molecule has 6 heteroatoms. The summed E-state index contributed by atoms with van der Waals surface area (Å²) in [5.41, 5.74) is 1.44. The lowest BCUT2D eigenvalue weighted by molar-refractivity contribution is 0.0914. The van der Waals surface area contributed by atoms with Crippen molar-refractivity contribution < 1.29 is 13.7 Å². The van der Waals surface area contributed by atoms with E-state index in [1.807, 2.05) is 6.07 Å². The zero-order chi connectivity index (χ0) is 15.4. The van der Waals surface area contributed by atoms with Gasteiger partial charge in [0.2, 0.25) is 5.76 Å². The Morgan fingerprint density at radius 3 is 2.86 bits per heavy atom. The van der Waals surface area contributed by atoms with Gasteiger partial charge in [-0.15, -0.1) is 0 Å². The molecule has 2 aromatic heterocycles. The molecule has 0 aliphatic carbocycles. The summed E-state index contributed by atoms with van der Waals surface area (Å²) in [5.74, 6) is -0.806. The topological polar surface area (TPSA) is 68.0 Å². The lowest BCUT2D eigenvalue weighted by atomic mass is 10.1. The number of hydrogen-bond acceptors (Lipinski definition) is 4. The molecule has 1 aromatic carbocycles. The van der Waals surface area contributed by atoms with Crippen LogP contribution >= 0.6 is 0 Å². The SMILES string of the molecule is O=C(NCc1cccnc1)c1cc(-c2ccccc2F)no1. The number of carbonyl (C=O) groups excluding carboxylic acids is 1. The van der Waals surface area contributed by atoms with Crippen molar-refractivity contribution in [3.63, 3.8) is 0 Å². The third-order valence-corrected chi connectivity index (χ3v) is 3.06. The Hall–Kier alpha value is -3.02. The summed E-state index contributed by atoms with van der Waals surface area (Å²) < 4.78 is 18.6. The van der Waals surface area contributed by atoms with Gasteiger partial charge in [0, 0.05) is 30.6 Å². The molecule has 1 N–H and O–H groups in total. The number of rotatable bonds is 4. The molecule has 3 rings (SSSR count). The maximum absolute atomic E-state index is 13.7. The molecule has 0 radical (unpaired) electrons. The van der Waals surface area contributed by atoms with Gasteiger partial charge in [0.15, 0.2) is 0 Å². The van der Waals surface area contributed by atoms with Gasteiger partial charge < -0.3 is 9.84 Å². The van der Waals surface area contributed by atoms with Gasteiger partial charge in [-0.05, 0) is 23.8 Å². The van der Waals surface area contributed by atoms with Gasteiger partial charge in [-0.1, -0.05) is 23.4 Å². The molecule has 3 aromatic rings. The average Bonchev–Trinajstić information content (AvgIpc) is 3.04. The van der Waals surface area contributed by atoms with Crippen molar-refractivity contribution in [2.75, 3.05) is 0 Å². The Labute approximate surface area is 125 Å². The molecule has 0 saturated heterocycles. The Kier molecular flexibility index (Phi) is 3.91. The minimum absolute atomic E-state index is 0.0298. The summed E-state index contributed by atoms with van der Waals surface area (Å²) in [4.78, 5) is 15.9. The molecule has 1 amide bonds. The zero-order valence-electron chi connectivity index (χ0n) is 11.5. The van der Waals surface area contributed by atoms with E-state index in [9.17, 15) is 9.18 Å². The van der Waals surface area contributed by atoms with Crippen LogP contribution in [0.4, 0.5) is 4.39 Å². The van der Waals surface area contributed by atoms with Crippen LogP contribution in [0.1, 0.15) is 16.1 Å². The van der Waals surface area contributed by atoms with Gasteiger partial charge >= 0.3 is 0 Å². The third-order valence-electron chi connectivity index (χ3n) is 3.06. The standard InChI is InChI=1S/C16H12FN3O2/c17-13-6-2-1-5-12(13)14-8-15(22-20-14)16(21)19-10-11-4-3-7-18-9-11/h1-9H,10H2,(H,19,21). The normalized spacial score (nSPS) is 10.4. The van der Waals surface area contributed by atoms with Gasteiger partial charge in [0.25, 0.3) is 5.91 Å². The minimum Gasteiger partial charge on any atom is -0.350 e. The fraction of sp³-hybridized carbons (Fsp3) is 0.0625. The summed E-state index contributed by atoms with van der Waals surface area (Å²) in [5, 5.41) is 6.42. The van der Waals surface area contributed by atoms with E-state index in [1.165, 1.54) is 12.1 Å². The maximum atomic E-state index is 13.7. The second-order valence-corrected chi connectivity index (χ2v) is 4.60. The van der Waals surface area contributed by atoms with Gasteiger partial charge in [-0.25, -0.2) is 4.39 Å². The van der Waals surface area contributed by atoms with Gasteiger partial charge in [0.05, 0.1) is 0 Å². The summed E-state index contributed by atoms with van der Waals surface area (Å²) in [6.07, 6.45) is 3.31. The van der Waals surface area contributed by atoms with Crippen LogP contribution in [0.2, 0.25) is 0 Å². The van der Waals surface area contributed by atoms with Crippen LogP contribution in [0.5, 0.6) is 0 Å². The van der Waals surface area contributed by atoms with E-state index in [0.29, 0.717) is 6.54 Å². The van der Waals surface area contributed by atoms with Crippen molar-refractivity contribution in [1.82, 2.24) is 15.5 Å². The van der Waals surface area contributed by atoms with Crippen molar-refractivity contribution in [2.45, 2.75) is 6.54 Å². The molecule has 110 valence electrons. The van der Waals surface area contributed by atoms with Crippen molar-refractivity contribution >= 4 is 5.91 Å². The van der Waals surface area contributed by atoms with E-state index >= 15 is 0 Å². The predicted molar refractivity (Wildman–Crippen MR) is 77.3 cm³/mol. The Bertz CT molecular complexity index is 787. The molecule has 0 bridgehead atoms. The van der Waals surface area contributed by atoms with Crippen LogP contribution in [0, 0.1) is 5.82 Å². The quantitative estimate of drug-likeness (QED) is 0.804. The van der Waals surface area contributed by atoms with Crippen LogP contribution in [0.25, 0.3) is 11.3 Å². The minimum atomic E-state index is -0.418. The molecule has 2 heterocycles. The first kappa shape index (κ1) is 13.9. The number of benzene rings is 1. The molecule has 0 fully saturated rings. The Morgan fingerprint density at radius 1 is 1.23 bits per heavy atom. The van der Waals surface area contributed by atoms with E-state index in [2.05, 4.69) is 15.5 Å². The number of hydrogen-bond donors (Lipinski definition) is 1. The van der Waals surface area contributed by atoms with Crippen molar-refractivity contribution in [3.8, 4) is 11.3 Å². The highest BCUT2D eigenvalue weighted by Crippen LogP contribution is 2.22. The molecule has 0 aliphatic rings. The van der Waals surface area contributed by atoms with Crippen molar-refractivity contribution in [3.05, 3.63) is 72.0 Å². The van der Waals surface area contributed by atoms with E-state index in [-0.39, 0.29) is 17.0 Å². The molecule has 22 heavy (non-hydrogen) atoms. The lowest BCUT2D eigenvalue weighted by Crippen LogP contribution is -2.22. The first-order valence-corrected chi connectivity index (χ1v) is 6.63. The molecule has 0 unspecified atom stereocenters. The second-order valence-electron chi connectivity index (χ2n) is 4.60. The number of nitrogens with zero attached hydrogens (tertiary/aromatic N) is 2. The smallest absolute Gasteiger partial charge is 0.290 e. The maximum Gasteiger partial charge on any atom is 0.290 e. The molecular formula is C16H12FN3O2. The highest BCUT2D eigenvalue weighted by Gasteiger charge is 2.15. The molecule has 0 saturated carbocycles. The number of aromatic nitrogens is 2. The number of halogens is 1. The highest BCUT2D eigenvalue weighted by molar-refractivity contribution is 5.92. The summed E-state index contributed by atoms with van der Waals surface area (Å²) >= 11 is 0. The number of amides is 1. The van der Waals surface area contributed by atoms with Gasteiger partial charge in [-0.2, -0.15) is 0 Å². The predicted octanol–water partition coefficient (Wildman–Crippen LogP) is 2.81. The van der Waals surface area contributed by atoms with E-state index < -0.39 is 11.7 Å². The fourth-order valence-electron chi connectivity index (χ4n) is 1.95. The largest absolute Gasteiger partial charge is 0.350 e. The fourth-order valence-corrected chi connectivity index (χ4v) is 1.95. The lowest BCUT2D eigenvalue weighted by Gasteiger charge is -2.01. The van der Waals surface area contributed by atoms with Crippen LogP contribution in [0.15, 0.2) is 59.4 Å². The van der Waals surface area contributed by atoms with E-state index in [4.69, 9.17) is 4.52 Å². The number of carbonyl (C=O) groups is 1. The Morgan fingerprint density at radius 2 is 2.09 bits per heavy atom. The summed E-state index contributed by atoms with van der Waals surface area (Å²) in [6, 6.07) is 11.2. The molecular weight excluding hydrogens is 285 g/mol. The molecule has 0 aliphatic heterocycles. The molecule has 0 atom stereocenters. The first-order chi connectivity index (χ1) is 10.7. The van der Waals surface area contributed by atoms with E-state index in [0.717, 1.165) is 5.56 Å². The third kappa shape index (κ3) is 3.01. The van der Waals surface area contributed by atoms with Crippen molar-refractivity contribution in [2.24, 2.45) is 0 Å². The van der Waals surface area contributed by atoms with Crippen LogP contribution in [0.3, 0.4) is 0 Å². The molecule has 0 spiro atoms. The first-order valence-electron chi connectivity index (χ1n) is 6.63. The number of pyridine rings is 1. The zero-order valence-corrected chi connectivity index (χ0v) is 11.5. The average molecular weight is 297 g/mol. The van der Waals surface area contributed by atoms with Gasteiger partial charge in [-0.3, -0.25) is 9.78 Å². The van der Waals surface area contributed by atoms with Gasteiger partial charge in [0.1, 0.15) is 11.5 Å². The summed E-state index contributed by atoms with van der Waals surface area (Å²) in [7, 11) is 0.